The lowest BCUT2D eigenvalue weighted by atomic mass is 10.0. The van der Waals surface area contributed by atoms with Gasteiger partial charge in [0.05, 0.1) is 10.4 Å². The Morgan fingerprint density at radius 3 is 1.95 bits per heavy atom. The highest BCUT2D eigenvalue weighted by molar-refractivity contribution is 7.26. The molecule has 0 aliphatic heterocycles. The van der Waals surface area contributed by atoms with E-state index >= 15 is 0 Å². The van der Waals surface area contributed by atoms with Gasteiger partial charge in [-0.1, -0.05) is 72.8 Å². The quantitative estimate of drug-likeness (QED) is 0.230. The lowest BCUT2D eigenvalue weighted by Gasteiger charge is -2.26. The van der Waals surface area contributed by atoms with Crippen LogP contribution in [-0.2, 0) is 0 Å². The summed E-state index contributed by atoms with van der Waals surface area (Å²) >= 11 is 3.75. The van der Waals surface area contributed by atoms with Crippen molar-refractivity contribution < 1.29 is 0 Å². The molecule has 0 saturated carbocycles. The second kappa shape index (κ2) is 8.17. The molecule has 0 fully saturated rings. The molecule has 0 saturated heterocycles. The Bertz CT molecular complexity index is 2100. The zero-order chi connectivity index (χ0) is 24.3. The zero-order valence-corrected chi connectivity index (χ0v) is 21.5. The number of hydrogen-bond acceptors (Lipinski definition) is 3. The lowest BCUT2D eigenvalue weighted by molar-refractivity contribution is 1.31. The number of anilines is 3. The van der Waals surface area contributed by atoms with Gasteiger partial charge >= 0.3 is 0 Å². The van der Waals surface area contributed by atoms with Gasteiger partial charge in [-0.2, -0.15) is 0 Å². The minimum atomic E-state index is 1.16. The van der Waals surface area contributed by atoms with Gasteiger partial charge in [-0.3, -0.25) is 0 Å². The van der Waals surface area contributed by atoms with Crippen LogP contribution in [0.4, 0.5) is 17.1 Å². The van der Waals surface area contributed by atoms with Gasteiger partial charge in [0, 0.05) is 47.0 Å². The molecule has 3 heteroatoms. The molecule has 0 amide bonds. The molecule has 0 bridgehead atoms. The second-order valence-electron chi connectivity index (χ2n) is 9.40. The van der Waals surface area contributed by atoms with Gasteiger partial charge in [-0.15, -0.1) is 22.7 Å². The highest BCUT2D eigenvalue weighted by Crippen LogP contribution is 2.45. The Kier molecular flexibility index (Phi) is 4.63. The fraction of sp³-hybridized carbons (Fsp3) is 0. The van der Waals surface area contributed by atoms with E-state index in [4.69, 9.17) is 0 Å². The SMILES string of the molecule is c1ccc(N(c2ccc3cc4c(cc3c2)sc2ccccc24)c2cccc3c2sc2ccccc23)cc1. The predicted octanol–water partition coefficient (Wildman–Crippen LogP) is 11.0. The minimum absolute atomic E-state index is 1.16. The molecule has 0 N–H and O–H groups in total. The molecule has 0 atom stereocenters. The fourth-order valence-electron chi connectivity index (χ4n) is 5.51. The van der Waals surface area contributed by atoms with Gasteiger partial charge in [-0.05, 0) is 65.4 Å². The van der Waals surface area contributed by atoms with E-state index in [-0.39, 0.29) is 0 Å². The van der Waals surface area contributed by atoms with Crippen molar-refractivity contribution in [3.63, 3.8) is 0 Å². The molecule has 1 nitrogen and oxygen atoms in total. The van der Waals surface area contributed by atoms with E-state index in [1.807, 2.05) is 22.7 Å². The number of hydrogen-bond donors (Lipinski definition) is 0. The average molecular weight is 508 g/mol. The largest absolute Gasteiger partial charge is 0.309 e. The van der Waals surface area contributed by atoms with Crippen molar-refractivity contribution in [3.8, 4) is 0 Å². The number of para-hydroxylation sites is 1. The number of rotatable bonds is 3. The van der Waals surface area contributed by atoms with E-state index in [9.17, 15) is 0 Å². The highest BCUT2D eigenvalue weighted by atomic mass is 32.1. The minimum Gasteiger partial charge on any atom is -0.309 e. The number of fused-ring (bicyclic) bond motifs is 7. The molecular formula is C34H21NS2. The molecule has 2 aromatic heterocycles. The van der Waals surface area contributed by atoms with Crippen LogP contribution in [0.15, 0.2) is 127 Å². The van der Waals surface area contributed by atoms with Crippen LogP contribution in [0.3, 0.4) is 0 Å². The summed E-state index contributed by atoms with van der Waals surface area (Å²) in [7, 11) is 0. The first-order valence-electron chi connectivity index (χ1n) is 12.4. The third-order valence-electron chi connectivity index (χ3n) is 7.22. The average Bonchev–Trinajstić information content (AvgIpc) is 3.51. The Morgan fingerprint density at radius 1 is 0.405 bits per heavy atom. The summed E-state index contributed by atoms with van der Waals surface area (Å²) in [5, 5.41) is 7.86. The van der Waals surface area contributed by atoms with Crippen LogP contribution < -0.4 is 4.90 Å². The van der Waals surface area contributed by atoms with Gasteiger partial charge < -0.3 is 4.90 Å². The molecule has 0 radical (unpaired) electrons. The normalized spacial score (nSPS) is 11.8. The molecule has 2 heterocycles. The molecule has 174 valence electrons. The van der Waals surface area contributed by atoms with E-state index in [0.29, 0.717) is 0 Å². The van der Waals surface area contributed by atoms with Gasteiger partial charge in [-0.25, -0.2) is 0 Å². The molecule has 0 aliphatic rings. The summed E-state index contributed by atoms with van der Waals surface area (Å²) in [6.07, 6.45) is 0. The van der Waals surface area contributed by atoms with Crippen LogP contribution >= 0.6 is 22.7 Å². The molecule has 6 aromatic carbocycles. The Labute approximate surface area is 222 Å². The van der Waals surface area contributed by atoms with Gasteiger partial charge in [0.25, 0.3) is 0 Å². The summed E-state index contributed by atoms with van der Waals surface area (Å²) in [5.41, 5.74) is 3.55. The number of nitrogens with zero attached hydrogens (tertiary/aromatic N) is 1. The highest BCUT2D eigenvalue weighted by Gasteiger charge is 2.18. The standard InChI is InChI=1S/C34H21NS2/c1-2-9-24(10-3-1)35(30-14-8-13-28-26-11-4-7-16-32(26)37-34(28)30)25-18-17-22-20-29-27-12-5-6-15-31(27)36-33(29)21-23(22)19-25/h1-21H. The van der Waals surface area contributed by atoms with Crippen molar-refractivity contribution in [2.24, 2.45) is 0 Å². The van der Waals surface area contributed by atoms with Gasteiger partial charge in [0.1, 0.15) is 0 Å². The molecule has 37 heavy (non-hydrogen) atoms. The van der Waals surface area contributed by atoms with Gasteiger partial charge in [0.15, 0.2) is 0 Å². The van der Waals surface area contributed by atoms with Crippen LogP contribution in [0.5, 0.6) is 0 Å². The molecule has 0 aliphatic carbocycles. The topological polar surface area (TPSA) is 3.24 Å². The maximum atomic E-state index is 2.41. The molecule has 0 unspecified atom stereocenters. The smallest absolute Gasteiger partial charge is 0.0640 e. The van der Waals surface area contributed by atoms with Crippen molar-refractivity contribution in [2.75, 3.05) is 4.90 Å². The van der Waals surface area contributed by atoms with E-state index in [1.165, 1.54) is 62.5 Å². The first-order valence-corrected chi connectivity index (χ1v) is 14.1. The number of thiophene rings is 2. The van der Waals surface area contributed by atoms with Crippen molar-refractivity contribution in [3.05, 3.63) is 127 Å². The monoisotopic (exact) mass is 507 g/mol. The Balaban J connectivity index is 1.38. The lowest BCUT2D eigenvalue weighted by Crippen LogP contribution is -2.09. The fourth-order valence-corrected chi connectivity index (χ4v) is 7.85. The summed E-state index contributed by atoms with van der Waals surface area (Å²) in [6.45, 7) is 0. The first kappa shape index (κ1) is 21.0. The van der Waals surface area contributed by atoms with Crippen molar-refractivity contribution in [1.82, 2.24) is 0 Å². The zero-order valence-electron chi connectivity index (χ0n) is 19.9. The summed E-state index contributed by atoms with van der Waals surface area (Å²) in [6, 6.07) is 46.5. The molecular weight excluding hydrogens is 487 g/mol. The van der Waals surface area contributed by atoms with Crippen LogP contribution in [0.25, 0.3) is 51.1 Å². The third kappa shape index (κ3) is 3.28. The van der Waals surface area contributed by atoms with Crippen molar-refractivity contribution >= 4 is 90.9 Å². The van der Waals surface area contributed by atoms with E-state index in [2.05, 4.69) is 132 Å². The van der Waals surface area contributed by atoms with E-state index in [0.717, 1.165) is 5.69 Å². The van der Waals surface area contributed by atoms with Gasteiger partial charge in [0.2, 0.25) is 0 Å². The summed E-state index contributed by atoms with van der Waals surface area (Å²) in [5.74, 6) is 0. The molecule has 8 aromatic rings. The third-order valence-corrected chi connectivity index (χ3v) is 9.56. The second-order valence-corrected chi connectivity index (χ2v) is 11.5. The van der Waals surface area contributed by atoms with E-state index < -0.39 is 0 Å². The maximum Gasteiger partial charge on any atom is 0.0640 e. The molecule has 8 rings (SSSR count). The van der Waals surface area contributed by atoms with Crippen molar-refractivity contribution in [1.29, 1.82) is 0 Å². The summed E-state index contributed by atoms with van der Waals surface area (Å²) in [4.78, 5) is 2.41. The first-order chi connectivity index (χ1) is 18.3. The predicted molar refractivity (Wildman–Crippen MR) is 164 cm³/mol. The molecule has 0 spiro atoms. The van der Waals surface area contributed by atoms with Crippen LogP contribution in [0.1, 0.15) is 0 Å². The Morgan fingerprint density at radius 2 is 1.11 bits per heavy atom. The van der Waals surface area contributed by atoms with Crippen LogP contribution in [0, 0.1) is 0 Å². The maximum absolute atomic E-state index is 2.41. The Hall–Kier alpha value is -4.18. The van der Waals surface area contributed by atoms with Crippen molar-refractivity contribution in [2.45, 2.75) is 0 Å². The summed E-state index contributed by atoms with van der Waals surface area (Å²) < 4.78 is 5.32. The van der Waals surface area contributed by atoms with Crippen LogP contribution in [0.2, 0.25) is 0 Å². The van der Waals surface area contributed by atoms with E-state index in [1.54, 1.807) is 0 Å². The van der Waals surface area contributed by atoms with Crippen LogP contribution in [-0.4, -0.2) is 0 Å². The number of benzene rings is 6.